The SMILES string of the molecule is CN1CCOC(CNCCCCC(C)(C)C#N)C1. The molecule has 1 saturated heterocycles. The highest BCUT2D eigenvalue weighted by atomic mass is 16.5. The zero-order valence-electron chi connectivity index (χ0n) is 12.0. The van der Waals surface area contributed by atoms with Gasteiger partial charge < -0.3 is 15.0 Å². The highest BCUT2D eigenvalue weighted by Gasteiger charge is 2.17. The third-order valence-corrected chi connectivity index (χ3v) is 3.42. The molecule has 0 bridgehead atoms. The molecular formula is C14H27N3O. The van der Waals surface area contributed by atoms with E-state index in [1.807, 2.05) is 13.8 Å². The molecule has 1 unspecified atom stereocenters. The van der Waals surface area contributed by atoms with E-state index in [0.29, 0.717) is 6.10 Å². The molecule has 1 N–H and O–H groups in total. The number of nitriles is 1. The van der Waals surface area contributed by atoms with Crippen LogP contribution in [-0.4, -0.2) is 50.8 Å². The molecule has 0 aromatic rings. The van der Waals surface area contributed by atoms with Crippen LogP contribution in [0, 0.1) is 16.7 Å². The average Bonchev–Trinajstić information content (AvgIpc) is 2.34. The molecule has 18 heavy (non-hydrogen) atoms. The van der Waals surface area contributed by atoms with Crippen molar-refractivity contribution in [1.82, 2.24) is 10.2 Å². The lowest BCUT2D eigenvalue weighted by Gasteiger charge is -2.30. The molecule has 1 atom stereocenters. The summed E-state index contributed by atoms with van der Waals surface area (Å²) < 4.78 is 5.68. The lowest BCUT2D eigenvalue weighted by molar-refractivity contribution is -0.0180. The molecule has 4 heteroatoms. The third kappa shape index (κ3) is 6.34. The van der Waals surface area contributed by atoms with Gasteiger partial charge in [0.2, 0.25) is 0 Å². The second-order valence-corrected chi connectivity index (χ2v) is 5.91. The molecule has 1 rings (SSSR count). The van der Waals surface area contributed by atoms with E-state index < -0.39 is 0 Å². The van der Waals surface area contributed by atoms with E-state index >= 15 is 0 Å². The molecule has 1 fully saturated rings. The lowest BCUT2D eigenvalue weighted by atomic mass is 9.89. The van der Waals surface area contributed by atoms with Crippen LogP contribution in [-0.2, 0) is 4.74 Å². The summed E-state index contributed by atoms with van der Waals surface area (Å²) in [4.78, 5) is 2.31. The fraction of sp³-hybridized carbons (Fsp3) is 0.929. The van der Waals surface area contributed by atoms with Crippen molar-refractivity contribution < 1.29 is 4.74 Å². The van der Waals surface area contributed by atoms with Crippen molar-refractivity contribution >= 4 is 0 Å². The Labute approximate surface area is 111 Å². The highest BCUT2D eigenvalue weighted by Crippen LogP contribution is 2.21. The molecule has 0 aliphatic carbocycles. The van der Waals surface area contributed by atoms with Crippen molar-refractivity contribution in [1.29, 1.82) is 5.26 Å². The summed E-state index contributed by atoms with van der Waals surface area (Å²) in [6.45, 7) is 8.88. The van der Waals surface area contributed by atoms with Gasteiger partial charge in [-0.3, -0.25) is 0 Å². The Morgan fingerprint density at radius 2 is 2.22 bits per heavy atom. The zero-order valence-corrected chi connectivity index (χ0v) is 12.0. The molecule has 104 valence electrons. The quantitative estimate of drug-likeness (QED) is 0.701. The van der Waals surface area contributed by atoms with Crippen molar-refractivity contribution in [2.75, 3.05) is 39.8 Å². The lowest BCUT2D eigenvalue weighted by Crippen LogP contribution is -2.44. The van der Waals surface area contributed by atoms with Gasteiger partial charge in [0, 0.05) is 19.6 Å². The van der Waals surface area contributed by atoms with Gasteiger partial charge in [-0.05, 0) is 40.3 Å². The molecule has 0 radical (unpaired) electrons. The maximum Gasteiger partial charge on any atom is 0.0826 e. The second-order valence-electron chi connectivity index (χ2n) is 5.91. The molecule has 0 aromatic carbocycles. The molecule has 0 amide bonds. The van der Waals surface area contributed by atoms with E-state index in [4.69, 9.17) is 10.00 Å². The maximum atomic E-state index is 8.90. The predicted molar refractivity (Wildman–Crippen MR) is 73.4 cm³/mol. The van der Waals surface area contributed by atoms with E-state index in [0.717, 1.165) is 52.0 Å². The van der Waals surface area contributed by atoms with Crippen molar-refractivity contribution in [2.45, 2.75) is 39.2 Å². The van der Waals surface area contributed by atoms with Crippen LogP contribution in [0.2, 0.25) is 0 Å². The van der Waals surface area contributed by atoms with E-state index in [1.54, 1.807) is 0 Å². The van der Waals surface area contributed by atoms with Gasteiger partial charge in [-0.2, -0.15) is 5.26 Å². The van der Waals surface area contributed by atoms with Crippen LogP contribution in [0.3, 0.4) is 0 Å². The second kappa shape index (κ2) is 7.73. The standard InChI is InChI=1S/C14H27N3O/c1-14(2,12-15)6-4-5-7-16-10-13-11-17(3)8-9-18-13/h13,16H,4-11H2,1-3H3. The molecule has 1 heterocycles. The number of nitrogens with zero attached hydrogens (tertiary/aromatic N) is 2. The van der Waals surface area contributed by atoms with E-state index in [2.05, 4.69) is 23.3 Å². The molecular weight excluding hydrogens is 226 g/mol. The van der Waals surface area contributed by atoms with Gasteiger partial charge in [0.15, 0.2) is 0 Å². The molecule has 0 saturated carbocycles. The number of morpholine rings is 1. The van der Waals surface area contributed by atoms with Crippen LogP contribution in [0.5, 0.6) is 0 Å². The van der Waals surface area contributed by atoms with Gasteiger partial charge in [0.1, 0.15) is 0 Å². The summed E-state index contributed by atoms with van der Waals surface area (Å²) in [5.74, 6) is 0. The number of hydrogen-bond donors (Lipinski definition) is 1. The Morgan fingerprint density at radius 3 is 2.89 bits per heavy atom. The van der Waals surface area contributed by atoms with Crippen molar-refractivity contribution in [2.24, 2.45) is 5.41 Å². The van der Waals surface area contributed by atoms with Crippen LogP contribution >= 0.6 is 0 Å². The Morgan fingerprint density at radius 1 is 1.44 bits per heavy atom. The first kappa shape index (κ1) is 15.4. The van der Waals surface area contributed by atoms with Gasteiger partial charge in [0.25, 0.3) is 0 Å². The number of rotatable bonds is 7. The Kier molecular flexibility index (Phi) is 6.62. The van der Waals surface area contributed by atoms with Crippen molar-refractivity contribution in [3.8, 4) is 6.07 Å². The fourth-order valence-corrected chi connectivity index (χ4v) is 2.13. The molecule has 0 aromatic heterocycles. The monoisotopic (exact) mass is 253 g/mol. The molecule has 1 aliphatic rings. The summed E-state index contributed by atoms with van der Waals surface area (Å²) in [6, 6.07) is 2.34. The minimum Gasteiger partial charge on any atom is -0.374 e. The van der Waals surface area contributed by atoms with Crippen LogP contribution in [0.15, 0.2) is 0 Å². The topological polar surface area (TPSA) is 48.3 Å². The van der Waals surface area contributed by atoms with Gasteiger partial charge >= 0.3 is 0 Å². The van der Waals surface area contributed by atoms with Gasteiger partial charge in [-0.1, -0.05) is 6.42 Å². The van der Waals surface area contributed by atoms with Crippen LogP contribution in [0.25, 0.3) is 0 Å². The molecule has 0 spiro atoms. The molecule has 1 aliphatic heterocycles. The zero-order chi connectivity index (χ0) is 13.4. The number of hydrogen-bond acceptors (Lipinski definition) is 4. The normalized spacial score (nSPS) is 21.8. The summed E-state index contributed by atoms with van der Waals surface area (Å²) in [6.07, 6.45) is 3.56. The minimum atomic E-state index is -0.171. The van der Waals surface area contributed by atoms with Crippen LogP contribution < -0.4 is 5.32 Å². The number of nitrogens with one attached hydrogen (secondary N) is 1. The molecule has 4 nitrogen and oxygen atoms in total. The van der Waals surface area contributed by atoms with Gasteiger partial charge in [-0.15, -0.1) is 0 Å². The summed E-state index contributed by atoms with van der Waals surface area (Å²) in [7, 11) is 2.14. The van der Waals surface area contributed by atoms with Gasteiger partial charge in [-0.25, -0.2) is 0 Å². The predicted octanol–water partition coefficient (Wildman–Crippen LogP) is 1.63. The first-order chi connectivity index (χ1) is 8.53. The third-order valence-electron chi connectivity index (χ3n) is 3.42. The van der Waals surface area contributed by atoms with Crippen molar-refractivity contribution in [3.63, 3.8) is 0 Å². The van der Waals surface area contributed by atoms with Gasteiger partial charge in [0.05, 0.1) is 24.2 Å². The Hall–Kier alpha value is -0.630. The summed E-state index contributed by atoms with van der Waals surface area (Å²) in [5.41, 5.74) is -0.171. The average molecular weight is 253 g/mol. The number of unbranched alkanes of at least 4 members (excludes halogenated alkanes) is 1. The van der Waals surface area contributed by atoms with E-state index in [9.17, 15) is 0 Å². The Bertz CT molecular complexity index is 273. The highest BCUT2D eigenvalue weighted by molar-refractivity contribution is 4.91. The summed E-state index contributed by atoms with van der Waals surface area (Å²) in [5, 5.41) is 12.4. The summed E-state index contributed by atoms with van der Waals surface area (Å²) >= 11 is 0. The minimum absolute atomic E-state index is 0.171. The van der Waals surface area contributed by atoms with Crippen molar-refractivity contribution in [3.05, 3.63) is 0 Å². The van der Waals surface area contributed by atoms with Crippen LogP contribution in [0.4, 0.5) is 0 Å². The smallest absolute Gasteiger partial charge is 0.0826 e. The van der Waals surface area contributed by atoms with Crippen LogP contribution in [0.1, 0.15) is 33.1 Å². The Balaban J connectivity index is 1.97. The van der Waals surface area contributed by atoms with E-state index in [1.165, 1.54) is 0 Å². The van der Waals surface area contributed by atoms with E-state index in [-0.39, 0.29) is 5.41 Å². The fourth-order valence-electron chi connectivity index (χ4n) is 2.13. The largest absolute Gasteiger partial charge is 0.374 e. The first-order valence-electron chi connectivity index (χ1n) is 6.95. The number of ether oxygens (including phenoxy) is 1. The maximum absolute atomic E-state index is 8.90. The number of likely N-dealkylation sites (N-methyl/N-ethyl adjacent to an activating group) is 1. The first-order valence-corrected chi connectivity index (χ1v) is 6.95.